The number of halogens is 3. The summed E-state index contributed by atoms with van der Waals surface area (Å²) < 4.78 is 37.3. The van der Waals surface area contributed by atoms with Gasteiger partial charge in [-0.1, -0.05) is 12.1 Å². The summed E-state index contributed by atoms with van der Waals surface area (Å²) >= 11 is 0. The molecule has 1 aliphatic carbocycles. The molecule has 27 heavy (non-hydrogen) atoms. The van der Waals surface area contributed by atoms with Crippen molar-refractivity contribution in [3.63, 3.8) is 0 Å². The summed E-state index contributed by atoms with van der Waals surface area (Å²) in [5.41, 5.74) is 2.31. The minimum atomic E-state index is -4.36. The number of alkyl halides is 3. The highest BCUT2D eigenvalue weighted by atomic mass is 19.4. The number of rotatable bonds is 5. The fourth-order valence-corrected chi connectivity index (χ4v) is 4.52. The summed E-state index contributed by atoms with van der Waals surface area (Å²) in [6.07, 6.45) is -2.56. The number of anilines is 1. The maximum atomic E-state index is 13.4. The van der Waals surface area contributed by atoms with E-state index in [1.54, 1.807) is 0 Å². The van der Waals surface area contributed by atoms with Gasteiger partial charge < -0.3 is 10.2 Å². The summed E-state index contributed by atoms with van der Waals surface area (Å²) in [5.74, 6) is -0.206. The van der Waals surface area contributed by atoms with Gasteiger partial charge in [-0.3, -0.25) is 9.59 Å². The highest BCUT2D eigenvalue weighted by Crippen LogP contribution is 2.53. The van der Waals surface area contributed by atoms with Gasteiger partial charge in [-0.2, -0.15) is 13.2 Å². The first-order valence-electron chi connectivity index (χ1n) is 9.56. The smallest absolute Gasteiger partial charge is 0.317 e. The minimum absolute atomic E-state index is 0.118. The molecule has 2 fully saturated rings. The van der Waals surface area contributed by atoms with E-state index in [0.717, 1.165) is 37.2 Å². The Morgan fingerprint density at radius 2 is 1.93 bits per heavy atom. The molecule has 1 spiro atoms. The van der Waals surface area contributed by atoms with E-state index in [9.17, 15) is 22.8 Å². The van der Waals surface area contributed by atoms with E-state index in [2.05, 4.69) is 11.4 Å². The molecule has 0 atom stereocenters. The number of hydrogen-bond acceptors (Lipinski definition) is 3. The molecule has 2 aliphatic heterocycles. The standard InChI is InChI=1S/C20H23F3N2O2/c21-20(22,23)7-6-14(26)12-25-16-3-1-2-15(13-4-5-13)17(16)19(18(25)27)8-10-24-11-9-19/h1-3,13,24H,4-12H2. The number of amides is 1. The van der Waals surface area contributed by atoms with E-state index in [4.69, 9.17) is 0 Å². The number of nitrogens with zero attached hydrogens (tertiary/aromatic N) is 1. The number of carbonyl (C=O) groups is 2. The molecule has 0 radical (unpaired) electrons. The maximum Gasteiger partial charge on any atom is 0.389 e. The third-order valence-electron chi connectivity index (χ3n) is 5.99. The molecule has 4 rings (SSSR count). The number of benzene rings is 1. The highest BCUT2D eigenvalue weighted by Gasteiger charge is 2.53. The zero-order chi connectivity index (χ0) is 19.2. The Hall–Kier alpha value is -1.89. The largest absolute Gasteiger partial charge is 0.389 e. The zero-order valence-corrected chi connectivity index (χ0v) is 15.1. The van der Waals surface area contributed by atoms with E-state index in [1.807, 2.05) is 12.1 Å². The molecule has 3 aliphatic rings. The van der Waals surface area contributed by atoms with Crippen LogP contribution in [0.2, 0.25) is 0 Å². The Morgan fingerprint density at radius 1 is 1.22 bits per heavy atom. The molecule has 0 unspecified atom stereocenters. The van der Waals surface area contributed by atoms with Gasteiger partial charge >= 0.3 is 6.18 Å². The molecule has 1 N–H and O–H groups in total. The third kappa shape index (κ3) is 3.37. The lowest BCUT2D eigenvalue weighted by Crippen LogP contribution is -2.48. The van der Waals surface area contributed by atoms with Crippen LogP contribution in [0.3, 0.4) is 0 Å². The molecule has 0 bridgehead atoms. The van der Waals surface area contributed by atoms with Crippen molar-refractivity contribution >= 4 is 17.4 Å². The second kappa shape index (κ2) is 6.62. The Balaban J connectivity index is 1.66. The van der Waals surface area contributed by atoms with Crippen LogP contribution in [-0.4, -0.2) is 37.5 Å². The lowest BCUT2D eigenvalue weighted by Gasteiger charge is -2.34. The molecule has 1 saturated heterocycles. The normalized spacial score (nSPS) is 21.6. The first-order chi connectivity index (χ1) is 12.8. The Morgan fingerprint density at radius 3 is 2.56 bits per heavy atom. The maximum absolute atomic E-state index is 13.4. The first-order valence-corrected chi connectivity index (χ1v) is 9.56. The predicted molar refractivity (Wildman–Crippen MR) is 94.8 cm³/mol. The molecular formula is C20H23F3N2O2. The number of ketones is 1. The lowest BCUT2D eigenvalue weighted by molar-refractivity contribution is -0.142. The van der Waals surface area contributed by atoms with Crippen LogP contribution in [0.4, 0.5) is 18.9 Å². The number of fused-ring (bicyclic) bond motifs is 2. The molecule has 0 aromatic heterocycles. The van der Waals surface area contributed by atoms with E-state index in [-0.39, 0.29) is 12.5 Å². The van der Waals surface area contributed by atoms with Crippen LogP contribution in [-0.2, 0) is 15.0 Å². The number of carbonyl (C=O) groups excluding carboxylic acids is 2. The van der Waals surface area contributed by atoms with E-state index < -0.39 is 30.2 Å². The second-order valence-corrected chi connectivity index (χ2v) is 7.89. The van der Waals surface area contributed by atoms with Crippen molar-refractivity contribution in [2.24, 2.45) is 0 Å². The van der Waals surface area contributed by atoms with Gasteiger partial charge in [0.15, 0.2) is 5.78 Å². The van der Waals surface area contributed by atoms with Gasteiger partial charge in [0.1, 0.15) is 0 Å². The summed E-state index contributed by atoms with van der Waals surface area (Å²) in [5, 5.41) is 3.28. The Labute approximate surface area is 156 Å². The van der Waals surface area contributed by atoms with Gasteiger partial charge in [0.05, 0.1) is 18.4 Å². The number of Topliss-reactive ketones (excluding diaryl/α,β-unsaturated/α-hetero) is 1. The minimum Gasteiger partial charge on any atom is -0.317 e. The average Bonchev–Trinajstić information content (AvgIpc) is 3.45. The molecule has 1 amide bonds. The molecule has 4 nitrogen and oxygen atoms in total. The molecule has 7 heteroatoms. The van der Waals surface area contributed by atoms with Crippen LogP contribution in [0.1, 0.15) is 55.6 Å². The highest BCUT2D eigenvalue weighted by molar-refractivity contribution is 6.11. The molecule has 2 heterocycles. The summed E-state index contributed by atoms with van der Waals surface area (Å²) in [4.78, 5) is 27.0. The quantitative estimate of drug-likeness (QED) is 0.851. The average molecular weight is 380 g/mol. The van der Waals surface area contributed by atoms with Crippen molar-refractivity contribution in [3.05, 3.63) is 29.3 Å². The zero-order valence-electron chi connectivity index (χ0n) is 15.1. The molecule has 1 saturated carbocycles. The van der Waals surface area contributed by atoms with Crippen molar-refractivity contribution < 1.29 is 22.8 Å². The van der Waals surface area contributed by atoms with Gasteiger partial charge in [-0.05, 0) is 61.9 Å². The van der Waals surface area contributed by atoms with Gasteiger partial charge in [0.2, 0.25) is 5.91 Å². The number of piperidine rings is 1. The van der Waals surface area contributed by atoms with E-state index >= 15 is 0 Å². The Kier molecular flexibility index (Phi) is 4.53. The van der Waals surface area contributed by atoms with Crippen LogP contribution in [0.15, 0.2) is 18.2 Å². The first kappa shape index (κ1) is 18.5. The van der Waals surface area contributed by atoms with Crippen LogP contribution in [0.5, 0.6) is 0 Å². The molecule has 1 aromatic rings. The van der Waals surface area contributed by atoms with Gasteiger partial charge in [0, 0.05) is 12.1 Å². The topological polar surface area (TPSA) is 49.4 Å². The summed E-state index contributed by atoms with van der Waals surface area (Å²) in [7, 11) is 0. The summed E-state index contributed by atoms with van der Waals surface area (Å²) in [6, 6.07) is 5.81. The van der Waals surface area contributed by atoms with Crippen molar-refractivity contribution in [3.8, 4) is 0 Å². The van der Waals surface area contributed by atoms with E-state index in [0.29, 0.717) is 18.8 Å². The van der Waals surface area contributed by atoms with Gasteiger partial charge in [-0.25, -0.2) is 0 Å². The van der Waals surface area contributed by atoms with Gasteiger partial charge in [0.25, 0.3) is 0 Å². The molecule has 1 aromatic carbocycles. The van der Waals surface area contributed by atoms with Crippen molar-refractivity contribution in [2.45, 2.75) is 56.0 Å². The van der Waals surface area contributed by atoms with Gasteiger partial charge in [-0.15, -0.1) is 0 Å². The fourth-order valence-electron chi connectivity index (χ4n) is 4.52. The van der Waals surface area contributed by atoms with Crippen LogP contribution >= 0.6 is 0 Å². The monoisotopic (exact) mass is 380 g/mol. The number of nitrogens with one attached hydrogen (secondary N) is 1. The third-order valence-corrected chi connectivity index (χ3v) is 5.99. The second-order valence-electron chi connectivity index (χ2n) is 7.89. The van der Waals surface area contributed by atoms with Crippen LogP contribution < -0.4 is 10.2 Å². The fraction of sp³-hybridized carbons (Fsp3) is 0.600. The molecule has 146 valence electrons. The van der Waals surface area contributed by atoms with Crippen molar-refractivity contribution in [1.82, 2.24) is 5.32 Å². The predicted octanol–water partition coefficient (Wildman–Crippen LogP) is 3.44. The van der Waals surface area contributed by atoms with E-state index in [1.165, 1.54) is 10.5 Å². The molecular weight excluding hydrogens is 357 g/mol. The number of hydrogen-bond donors (Lipinski definition) is 1. The van der Waals surface area contributed by atoms with Crippen LogP contribution in [0.25, 0.3) is 0 Å². The Bertz CT molecular complexity index is 765. The SMILES string of the molecule is O=C(CCC(F)(F)F)CN1C(=O)C2(CCNCC2)c2c(C3CC3)cccc21. The van der Waals surface area contributed by atoms with Crippen molar-refractivity contribution in [1.29, 1.82) is 0 Å². The van der Waals surface area contributed by atoms with Crippen LogP contribution in [0, 0.1) is 0 Å². The summed E-state index contributed by atoms with van der Waals surface area (Å²) in [6.45, 7) is 1.17. The lowest BCUT2D eigenvalue weighted by atomic mass is 9.72. The van der Waals surface area contributed by atoms with Crippen molar-refractivity contribution in [2.75, 3.05) is 24.5 Å².